The number of aromatic hydroxyl groups is 1. The Bertz CT molecular complexity index is 2070. The van der Waals surface area contributed by atoms with Crippen LogP contribution in [0.3, 0.4) is 0 Å². The number of piperazine rings is 1. The van der Waals surface area contributed by atoms with Gasteiger partial charge in [-0.15, -0.1) is 0 Å². The summed E-state index contributed by atoms with van der Waals surface area (Å²) in [4.78, 5) is 30.1. The molecule has 3 aliphatic heterocycles. The lowest BCUT2D eigenvalue weighted by Gasteiger charge is -2.42. The van der Waals surface area contributed by atoms with Crippen molar-refractivity contribution in [2.24, 2.45) is 0 Å². The van der Waals surface area contributed by atoms with Crippen molar-refractivity contribution in [1.29, 1.82) is 5.41 Å². The zero-order valence-electron chi connectivity index (χ0n) is 27.7. The van der Waals surface area contributed by atoms with Crippen molar-refractivity contribution in [3.05, 3.63) is 84.4 Å². The summed E-state index contributed by atoms with van der Waals surface area (Å²) >= 11 is 0. The minimum absolute atomic E-state index is 0.0180. The molecule has 3 fully saturated rings. The lowest BCUT2D eigenvalue weighted by molar-refractivity contribution is -0.130. The van der Waals surface area contributed by atoms with E-state index >= 15 is 0 Å². The molecule has 10 nitrogen and oxygen atoms in total. The Balaban J connectivity index is 1.12. The van der Waals surface area contributed by atoms with Crippen molar-refractivity contribution in [3.63, 3.8) is 0 Å². The van der Waals surface area contributed by atoms with Crippen molar-refractivity contribution in [2.75, 3.05) is 43.9 Å². The number of nitrogens with two attached hydrogens (primary N) is 1. The number of carbonyl (C=O) groups is 1. The third kappa shape index (κ3) is 5.90. The van der Waals surface area contributed by atoms with E-state index in [0.29, 0.717) is 43.0 Å². The molecule has 4 aromatic carbocycles. The van der Waals surface area contributed by atoms with E-state index in [1.54, 1.807) is 24.3 Å². The molecule has 3 atom stereocenters. The van der Waals surface area contributed by atoms with Gasteiger partial charge in [0.1, 0.15) is 18.2 Å². The molecule has 1 amide bonds. The molecule has 4 N–H and O–H groups in total. The number of nitrogens with zero attached hydrogens (tertiary/aromatic N) is 5. The molecule has 0 saturated carbocycles. The minimum atomic E-state index is -0.0509. The molecule has 49 heavy (non-hydrogen) atoms. The van der Waals surface area contributed by atoms with Gasteiger partial charge in [0.25, 0.3) is 0 Å². The van der Waals surface area contributed by atoms with Crippen LogP contribution in [0.2, 0.25) is 0 Å². The third-order valence-corrected chi connectivity index (χ3v) is 10.6. The van der Waals surface area contributed by atoms with Crippen LogP contribution in [0, 0.1) is 5.41 Å². The molecule has 3 aliphatic rings. The summed E-state index contributed by atoms with van der Waals surface area (Å²) in [6, 6.07) is 26.0. The number of amides is 1. The number of anilines is 2. The average Bonchev–Trinajstić information content (AvgIpc) is 3.63. The first-order chi connectivity index (χ1) is 23.8. The summed E-state index contributed by atoms with van der Waals surface area (Å²) in [5.41, 5.74) is 10.1. The van der Waals surface area contributed by atoms with Gasteiger partial charge in [0, 0.05) is 53.6 Å². The second kappa shape index (κ2) is 12.7. The zero-order valence-corrected chi connectivity index (χ0v) is 27.7. The van der Waals surface area contributed by atoms with Gasteiger partial charge < -0.3 is 35.7 Å². The Hall–Kier alpha value is -5.22. The number of likely N-dealkylation sites (N-methyl/N-ethyl adjacent to an activating group) is 1. The summed E-state index contributed by atoms with van der Waals surface area (Å²) in [6.45, 7) is 2.71. The summed E-state index contributed by atoms with van der Waals surface area (Å²) in [7, 11) is 2.13. The topological polar surface area (TPSA) is 132 Å². The Labute approximate surface area is 285 Å². The van der Waals surface area contributed by atoms with Crippen LogP contribution < -0.4 is 15.4 Å². The van der Waals surface area contributed by atoms with Crippen molar-refractivity contribution in [2.45, 2.75) is 50.2 Å². The number of hydrogen-bond donors (Lipinski definition) is 3. The van der Waals surface area contributed by atoms with E-state index in [1.807, 2.05) is 35.2 Å². The van der Waals surface area contributed by atoms with E-state index in [-0.39, 0.29) is 35.9 Å². The normalized spacial score (nSPS) is 20.7. The van der Waals surface area contributed by atoms with Crippen LogP contribution in [0.4, 0.5) is 11.5 Å². The van der Waals surface area contributed by atoms with E-state index in [4.69, 9.17) is 25.8 Å². The van der Waals surface area contributed by atoms with Gasteiger partial charge in [-0.2, -0.15) is 9.97 Å². The summed E-state index contributed by atoms with van der Waals surface area (Å²) < 4.78 is 6.35. The molecule has 3 saturated heterocycles. The molecule has 8 rings (SSSR count). The Morgan fingerprint density at radius 1 is 0.959 bits per heavy atom. The van der Waals surface area contributed by atoms with Crippen LogP contribution in [0.1, 0.15) is 37.7 Å². The van der Waals surface area contributed by atoms with Crippen LogP contribution in [-0.4, -0.2) is 87.9 Å². The lowest BCUT2D eigenvalue weighted by Crippen LogP contribution is -2.56. The zero-order chi connectivity index (χ0) is 33.6. The van der Waals surface area contributed by atoms with Gasteiger partial charge in [0.15, 0.2) is 0 Å². The van der Waals surface area contributed by atoms with E-state index in [2.05, 4.69) is 41.1 Å². The molecule has 0 spiro atoms. The molecule has 5 aromatic rings. The molecule has 1 aromatic heterocycles. The summed E-state index contributed by atoms with van der Waals surface area (Å²) in [6.07, 6.45) is 4.14. The fourth-order valence-electron chi connectivity index (χ4n) is 8.00. The monoisotopic (exact) mass is 655 g/mol. The number of aromatic nitrogens is 2. The molecular weight excluding hydrogens is 614 g/mol. The lowest BCUT2D eigenvalue weighted by atomic mass is 9.97. The number of rotatable bonds is 8. The van der Waals surface area contributed by atoms with Crippen molar-refractivity contribution in [3.8, 4) is 22.9 Å². The number of phenols is 1. The smallest absolute Gasteiger partial charge is 0.319 e. The number of carbonyl (C=O) groups excluding carboxylic acids is 1. The largest absolute Gasteiger partial charge is 0.508 e. The minimum Gasteiger partial charge on any atom is -0.508 e. The fourth-order valence-corrected chi connectivity index (χ4v) is 8.00. The van der Waals surface area contributed by atoms with Crippen LogP contribution >= 0.6 is 0 Å². The van der Waals surface area contributed by atoms with Crippen LogP contribution in [0.15, 0.2) is 78.9 Å². The fraction of sp³-hybridized carbons (Fsp3) is 0.333. The van der Waals surface area contributed by atoms with Gasteiger partial charge in [-0.05, 0) is 91.5 Å². The Kier molecular flexibility index (Phi) is 8.03. The number of nitrogen functional groups attached to an aromatic ring is 1. The van der Waals surface area contributed by atoms with Gasteiger partial charge in [-0.3, -0.25) is 4.79 Å². The predicted octanol–water partition coefficient (Wildman–Crippen LogP) is 5.85. The van der Waals surface area contributed by atoms with Crippen molar-refractivity contribution < 1.29 is 14.6 Å². The van der Waals surface area contributed by atoms with E-state index < -0.39 is 0 Å². The van der Waals surface area contributed by atoms with Crippen molar-refractivity contribution >= 4 is 44.8 Å². The van der Waals surface area contributed by atoms with E-state index in [1.165, 1.54) is 0 Å². The first-order valence-corrected chi connectivity index (χ1v) is 17.2. The van der Waals surface area contributed by atoms with Crippen molar-refractivity contribution in [1.82, 2.24) is 19.8 Å². The number of likely N-dealkylation sites (tertiary alicyclic amines) is 2. The maximum atomic E-state index is 13.5. The molecule has 2 unspecified atom stereocenters. The average molecular weight is 656 g/mol. The summed E-state index contributed by atoms with van der Waals surface area (Å²) in [5, 5.41) is 22.1. The standard InChI is InChI=1S/C39H41N7O3/c1-44-16-6-8-28(44)23-49-39-42-36-18-25(33-19-29(47)17-24-7-2-3-9-30(24)33)12-15-32(36)38(43-39)46-26-13-14-27(46)22-45(21-26)37(48)20-35(41)31-10-4-5-11-34(31)40/h2-5,7,9-12,15,17-19,26-28,41,47H,6,8,13-14,16,20-23,40H2,1H3/t26?,27?,28-/m0/s1. The highest BCUT2D eigenvalue weighted by molar-refractivity contribution is 6.11. The number of benzene rings is 4. The van der Waals surface area contributed by atoms with E-state index in [0.717, 1.165) is 70.8 Å². The second-order valence-corrected chi connectivity index (χ2v) is 13.7. The number of hydrogen-bond acceptors (Lipinski definition) is 9. The highest BCUT2D eigenvalue weighted by atomic mass is 16.5. The first-order valence-electron chi connectivity index (χ1n) is 17.2. The van der Waals surface area contributed by atoms with Gasteiger partial charge in [0.2, 0.25) is 5.91 Å². The maximum Gasteiger partial charge on any atom is 0.319 e. The van der Waals surface area contributed by atoms with Gasteiger partial charge in [-0.25, -0.2) is 0 Å². The van der Waals surface area contributed by atoms with Crippen LogP contribution in [-0.2, 0) is 4.79 Å². The Morgan fingerprint density at radius 3 is 2.51 bits per heavy atom. The third-order valence-electron chi connectivity index (χ3n) is 10.6. The molecule has 0 radical (unpaired) electrons. The van der Waals surface area contributed by atoms with Gasteiger partial charge in [-0.1, -0.05) is 48.5 Å². The molecular formula is C39H41N7O3. The summed E-state index contributed by atoms with van der Waals surface area (Å²) in [5.74, 6) is 0.995. The number of fused-ring (bicyclic) bond motifs is 4. The number of nitrogens with one attached hydrogen (secondary N) is 1. The molecule has 4 heterocycles. The molecule has 10 heteroatoms. The van der Waals surface area contributed by atoms with Gasteiger partial charge in [0.05, 0.1) is 11.9 Å². The SMILES string of the molecule is CN1CCC[C@H]1COc1nc(N2C3CCC2CN(C(=O)CC(=N)c2ccccc2N)C3)c2ccc(-c3cc(O)cc4ccccc34)cc2n1. The highest BCUT2D eigenvalue weighted by Gasteiger charge is 2.43. The molecule has 0 aliphatic carbocycles. The highest BCUT2D eigenvalue weighted by Crippen LogP contribution is 2.40. The van der Waals surface area contributed by atoms with E-state index in [9.17, 15) is 9.90 Å². The van der Waals surface area contributed by atoms with Gasteiger partial charge >= 0.3 is 6.01 Å². The van der Waals surface area contributed by atoms with Crippen LogP contribution in [0.25, 0.3) is 32.8 Å². The Morgan fingerprint density at radius 2 is 1.73 bits per heavy atom. The first kappa shape index (κ1) is 31.1. The predicted molar refractivity (Wildman–Crippen MR) is 193 cm³/mol. The number of para-hydroxylation sites is 1. The van der Waals surface area contributed by atoms with Crippen LogP contribution in [0.5, 0.6) is 11.8 Å². The maximum absolute atomic E-state index is 13.5. The number of phenolic OH excluding ortho intramolecular Hbond substituents is 1. The molecule has 250 valence electrons. The molecule has 2 bridgehead atoms. The second-order valence-electron chi connectivity index (χ2n) is 13.7. The number of ether oxygens (including phenoxy) is 1. The quantitative estimate of drug-likeness (QED) is 0.140.